The van der Waals surface area contributed by atoms with E-state index in [0.717, 1.165) is 45.3 Å². The van der Waals surface area contributed by atoms with E-state index in [1.165, 1.54) is 0 Å². The van der Waals surface area contributed by atoms with Crippen LogP contribution in [0.25, 0.3) is 0 Å². The predicted octanol–water partition coefficient (Wildman–Crippen LogP) is 2.28. The highest BCUT2D eigenvalue weighted by molar-refractivity contribution is 7.89. The SMILES string of the molecule is CCN1C[C@H]2C3(CCN(S(=O)(=O)c4ccccc4)CC3)CC[C@@]2(C(=O)N(C)C)C1. The van der Waals surface area contributed by atoms with Gasteiger partial charge < -0.3 is 9.80 Å². The van der Waals surface area contributed by atoms with Crippen molar-refractivity contribution in [1.82, 2.24) is 14.1 Å². The third-order valence-corrected chi connectivity index (χ3v) is 9.71. The Kier molecular flexibility index (Phi) is 5.28. The van der Waals surface area contributed by atoms with Crippen LogP contribution in [0.3, 0.4) is 0 Å². The second-order valence-electron chi connectivity index (χ2n) is 9.32. The monoisotopic (exact) mass is 419 g/mol. The number of nitrogens with zero attached hydrogens (tertiary/aromatic N) is 3. The normalized spacial score (nSPS) is 29.8. The van der Waals surface area contributed by atoms with Crippen molar-refractivity contribution >= 4 is 15.9 Å². The second-order valence-corrected chi connectivity index (χ2v) is 11.3. The van der Waals surface area contributed by atoms with Gasteiger partial charge in [0.2, 0.25) is 15.9 Å². The standard InChI is InChI=1S/C22H33N3O3S/c1-4-24-16-19-21(10-11-22(19,17-24)20(26)23(2)3)12-14-25(15-13-21)29(27,28)18-8-6-5-7-9-18/h5-9,19H,4,10-17H2,1-3H3/t19-,22+/m0/s1. The first kappa shape index (κ1) is 20.8. The van der Waals surface area contributed by atoms with Crippen LogP contribution in [0.15, 0.2) is 35.2 Å². The summed E-state index contributed by atoms with van der Waals surface area (Å²) in [5.41, 5.74) is -0.210. The Morgan fingerprint density at radius 2 is 1.76 bits per heavy atom. The number of rotatable bonds is 4. The first-order valence-electron chi connectivity index (χ1n) is 10.7. The number of carbonyl (C=O) groups is 1. The highest BCUT2D eigenvalue weighted by Gasteiger charge is 2.64. The molecule has 2 saturated heterocycles. The number of hydrogen-bond acceptors (Lipinski definition) is 4. The summed E-state index contributed by atoms with van der Waals surface area (Å²) >= 11 is 0. The van der Waals surface area contributed by atoms with Gasteiger partial charge in [-0.05, 0) is 55.7 Å². The number of benzene rings is 1. The average Bonchev–Trinajstić information content (AvgIpc) is 3.25. The van der Waals surface area contributed by atoms with E-state index in [0.29, 0.717) is 23.9 Å². The van der Waals surface area contributed by atoms with E-state index in [-0.39, 0.29) is 16.7 Å². The van der Waals surface area contributed by atoms with Gasteiger partial charge >= 0.3 is 0 Å². The van der Waals surface area contributed by atoms with Crippen molar-refractivity contribution in [2.75, 3.05) is 46.8 Å². The summed E-state index contributed by atoms with van der Waals surface area (Å²) in [6.45, 7) is 6.03. The second kappa shape index (κ2) is 7.36. The molecule has 3 aliphatic rings. The minimum atomic E-state index is -3.44. The zero-order valence-electron chi connectivity index (χ0n) is 17.8. The molecule has 2 atom stereocenters. The van der Waals surface area contributed by atoms with Gasteiger partial charge in [-0.15, -0.1) is 0 Å². The van der Waals surface area contributed by atoms with Crippen LogP contribution >= 0.6 is 0 Å². The molecule has 0 bridgehead atoms. The Morgan fingerprint density at radius 3 is 2.34 bits per heavy atom. The summed E-state index contributed by atoms with van der Waals surface area (Å²) in [6.07, 6.45) is 3.66. The molecule has 2 heterocycles. The molecular weight excluding hydrogens is 386 g/mol. The molecule has 1 saturated carbocycles. The summed E-state index contributed by atoms with van der Waals surface area (Å²) in [4.78, 5) is 17.8. The van der Waals surface area contributed by atoms with Crippen molar-refractivity contribution < 1.29 is 13.2 Å². The molecule has 160 valence electrons. The zero-order chi connectivity index (χ0) is 20.9. The summed E-state index contributed by atoms with van der Waals surface area (Å²) < 4.78 is 27.7. The fourth-order valence-corrected chi connectivity index (χ4v) is 7.67. The molecular formula is C22H33N3O3S. The third-order valence-electron chi connectivity index (χ3n) is 7.80. The lowest BCUT2D eigenvalue weighted by atomic mass is 9.66. The summed E-state index contributed by atoms with van der Waals surface area (Å²) in [6, 6.07) is 8.73. The first-order chi connectivity index (χ1) is 13.7. The Labute approximate surface area is 174 Å². The minimum absolute atomic E-state index is 0.0816. The summed E-state index contributed by atoms with van der Waals surface area (Å²) in [5, 5.41) is 0. The topological polar surface area (TPSA) is 60.9 Å². The van der Waals surface area contributed by atoms with Crippen molar-refractivity contribution in [3.8, 4) is 0 Å². The highest BCUT2D eigenvalue weighted by Crippen LogP contribution is 2.62. The third kappa shape index (κ3) is 3.22. The molecule has 4 rings (SSSR count). The van der Waals surface area contributed by atoms with Gasteiger partial charge in [-0.2, -0.15) is 4.31 Å². The predicted molar refractivity (Wildman–Crippen MR) is 113 cm³/mol. The Balaban J connectivity index is 1.56. The maximum absolute atomic E-state index is 13.2. The van der Waals surface area contributed by atoms with Crippen LogP contribution in [0.5, 0.6) is 0 Å². The largest absolute Gasteiger partial charge is 0.348 e. The number of fused-ring (bicyclic) bond motifs is 2. The van der Waals surface area contributed by atoms with Crippen LogP contribution in [0, 0.1) is 16.7 Å². The average molecular weight is 420 g/mol. The number of hydrogen-bond donors (Lipinski definition) is 0. The van der Waals surface area contributed by atoms with E-state index in [9.17, 15) is 13.2 Å². The molecule has 3 fully saturated rings. The lowest BCUT2D eigenvalue weighted by Gasteiger charge is -2.44. The molecule has 7 heteroatoms. The van der Waals surface area contributed by atoms with Gasteiger partial charge in [0.1, 0.15) is 0 Å². The fraction of sp³-hybridized carbons (Fsp3) is 0.682. The van der Waals surface area contributed by atoms with E-state index in [4.69, 9.17) is 0 Å². The first-order valence-corrected chi connectivity index (χ1v) is 12.2. The lowest BCUT2D eigenvalue weighted by Crippen LogP contribution is -2.49. The quantitative estimate of drug-likeness (QED) is 0.751. The Bertz CT molecular complexity index is 863. The van der Waals surface area contributed by atoms with E-state index >= 15 is 0 Å². The number of carbonyl (C=O) groups excluding carboxylic acids is 1. The van der Waals surface area contributed by atoms with Crippen LogP contribution in [-0.4, -0.2) is 75.2 Å². The van der Waals surface area contributed by atoms with Crippen LogP contribution < -0.4 is 0 Å². The van der Waals surface area contributed by atoms with E-state index in [2.05, 4.69) is 11.8 Å². The van der Waals surface area contributed by atoms with Crippen LogP contribution in [0.1, 0.15) is 32.6 Å². The van der Waals surface area contributed by atoms with Crippen molar-refractivity contribution in [3.63, 3.8) is 0 Å². The maximum Gasteiger partial charge on any atom is 0.243 e. The van der Waals surface area contributed by atoms with Crippen LogP contribution in [0.2, 0.25) is 0 Å². The van der Waals surface area contributed by atoms with E-state index in [1.807, 2.05) is 20.2 Å². The van der Waals surface area contributed by atoms with Gasteiger partial charge in [0.15, 0.2) is 0 Å². The molecule has 1 spiro atoms. The smallest absolute Gasteiger partial charge is 0.243 e. The van der Waals surface area contributed by atoms with Gasteiger partial charge in [0.05, 0.1) is 10.3 Å². The van der Waals surface area contributed by atoms with Crippen molar-refractivity contribution in [1.29, 1.82) is 0 Å². The molecule has 0 aromatic heterocycles. The van der Waals surface area contributed by atoms with E-state index in [1.54, 1.807) is 33.5 Å². The number of likely N-dealkylation sites (tertiary alicyclic amines) is 1. The van der Waals surface area contributed by atoms with Crippen molar-refractivity contribution in [3.05, 3.63) is 30.3 Å². The maximum atomic E-state index is 13.2. The van der Waals surface area contributed by atoms with Crippen LogP contribution in [-0.2, 0) is 14.8 Å². The summed E-state index contributed by atoms with van der Waals surface area (Å²) in [7, 11) is 0.285. The molecule has 0 unspecified atom stereocenters. The summed E-state index contributed by atoms with van der Waals surface area (Å²) in [5.74, 6) is 0.584. The van der Waals surface area contributed by atoms with Crippen LogP contribution in [0.4, 0.5) is 0 Å². The molecule has 0 N–H and O–H groups in total. The molecule has 0 radical (unpaired) electrons. The lowest BCUT2D eigenvalue weighted by molar-refractivity contribution is -0.141. The number of amides is 1. The molecule has 1 aromatic rings. The number of sulfonamides is 1. The molecule has 29 heavy (non-hydrogen) atoms. The number of piperidine rings is 1. The van der Waals surface area contributed by atoms with Gasteiger partial charge in [-0.1, -0.05) is 25.1 Å². The van der Waals surface area contributed by atoms with E-state index < -0.39 is 10.0 Å². The molecule has 1 aromatic carbocycles. The fourth-order valence-electron chi connectivity index (χ4n) is 6.21. The highest BCUT2D eigenvalue weighted by atomic mass is 32.2. The zero-order valence-corrected chi connectivity index (χ0v) is 18.6. The Morgan fingerprint density at radius 1 is 1.10 bits per heavy atom. The van der Waals surface area contributed by atoms with Crippen molar-refractivity contribution in [2.24, 2.45) is 16.7 Å². The molecule has 1 amide bonds. The van der Waals surface area contributed by atoms with Crippen molar-refractivity contribution in [2.45, 2.75) is 37.5 Å². The Hall–Kier alpha value is -1.44. The van der Waals surface area contributed by atoms with Gasteiger partial charge in [0, 0.05) is 40.3 Å². The molecule has 6 nitrogen and oxygen atoms in total. The van der Waals surface area contributed by atoms with Gasteiger partial charge in [-0.25, -0.2) is 8.42 Å². The molecule has 2 aliphatic heterocycles. The van der Waals surface area contributed by atoms with Gasteiger partial charge in [0.25, 0.3) is 0 Å². The van der Waals surface area contributed by atoms with Gasteiger partial charge in [-0.3, -0.25) is 4.79 Å². The molecule has 1 aliphatic carbocycles. The minimum Gasteiger partial charge on any atom is -0.348 e.